The molecule has 5 nitrogen and oxygen atoms in total. The minimum absolute atomic E-state index is 0.414. The molecule has 1 heterocycles. The van der Waals surface area contributed by atoms with Crippen LogP contribution < -0.4 is 0 Å². The van der Waals surface area contributed by atoms with Crippen LogP contribution in [0.5, 0.6) is 0 Å². The highest BCUT2D eigenvalue weighted by Crippen LogP contribution is 2.40. The molecule has 0 saturated carbocycles. The van der Waals surface area contributed by atoms with Gasteiger partial charge < -0.3 is 25.2 Å². The molecule has 174 valence electrons. The highest BCUT2D eigenvalue weighted by molar-refractivity contribution is 5.51. The van der Waals surface area contributed by atoms with Gasteiger partial charge in [0, 0.05) is 0 Å². The molecule has 32 heavy (non-hydrogen) atoms. The largest absolute Gasteiger partial charge is 0.394 e. The highest BCUT2D eigenvalue weighted by atomic mass is 16.5. The molecular formula is C27H36O5. The summed E-state index contributed by atoms with van der Waals surface area (Å²) in [6.07, 6.45) is -0.877. The van der Waals surface area contributed by atoms with Gasteiger partial charge in [0.05, 0.1) is 6.61 Å². The summed E-state index contributed by atoms with van der Waals surface area (Å²) >= 11 is 0. The zero-order valence-electron chi connectivity index (χ0n) is 19.3. The first-order valence-electron chi connectivity index (χ1n) is 11.9. The first-order valence-corrected chi connectivity index (χ1v) is 11.9. The third-order valence-corrected chi connectivity index (χ3v) is 7.24. The molecule has 0 amide bonds. The molecule has 2 aromatic carbocycles. The van der Waals surface area contributed by atoms with E-state index in [1.807, 2.05) is 0 Å². The van der Waals surface area contributed by atoms with Crippen LogP contribution in [0.1, 0.15) is 78.2 Å². The Labute approximate surface area is 190 Å². The molecule has 1 saturated heterocycles. The molecule has 5 atom stereocenters. The van der Waals surface area contributed by atoms with Crippen molar-refractivity contribution >= 4 is 0 Å². The highest BCUT2D eigenvalue weighted by Gasteiger charge is 2.45. The topological polar surface area (TPSA) is 90.2 Å². The van der Waals surface area contributed by atoms with E-state index in [1.165, 1.54) is 33.4 Å². The van der Waals surface area contributed by atoms with Gasteiger partial charge in [0.1, 0.15) is 30.5 Å². The predicted molar refractivity (Wildman–Crippen MR) is 124 cm³/mol. The van der Waals surface area contributed by atoms with Crippen LogP contribution in [0.2, 0.25) is 0 Å². The first kappa shape index (κ1) is 23.4. The zero-order valence-corrected chi connectivity index (χ0v) is 19.3. The number of fused-ring (bicyclic) bond motifs is 1. The molecule has 0 aromatic heterocycles. The maximum absolute atomic E-state index is 10.8. The van der Waals surface area contributed by atoms with Gasteiger partial charge in [0.2, 0.25) is 0 Å². The lowest BCUT2D eigenvalue weighted by atomic mass is 9.83. The van der Waals surface area contributed by atoms with Crippen molar-refractivity contribution in [1.82, 2.24) is 0 Å². The van der Waals surface area contributed by atoms with Crippen molar-refractivity contribution in [3.63, 3.8) is 0 Å². The monoisotopic (exact) mass is 440 g/mol. The predicted octanol–water partition coefficient (Wildman–Crippen LogP) is 2.97. The molecule has 4 rings (SSSR count). The molecular weight excluding hydrogens is 404 g/mol. The van der Waals surface area contributed by atoms with Crippen LogP contribution in [-0.4, -0.2) is 51.4 Å². The Kier molecular flexibility index (Phi) is 7.03. The second-order valence-electron chi connectivity index (χ2n) is 9.59. The molecule has 1 fully saturated rings. The number of hydrogen-bond acceptors (Lipinski definition) is 5. The summed E-state index contributed by atoms with van der Waals surface area (Å²) in [5, 5.41) is 41.0. The van der Waals surface area contributed by atoms with Crippen molar-refractivity contribution in [2.24, 2.45) is 0 Å². The molecule has 1 aliphatic carbocycles. The van der Waals surface area contributed by atoms with E-state index < -0.39 is 37.1 Å². The first-order chi connectivity index (χ1) is 15.3. The Hall–Kier alpha value is -1.76. The maximum atomic E-state index is 10.8. The number of aliphatic hydroxyl groups excluding tert-OH is 4. The fourth-order valence-electron chi connectivity index (χ4n) is 5.40. The third-order valence-electron chi connectivity index (χ3n) is 7.24. The number of benzene rings is 2. The molecule has 2 aromatic rings. The van der Waals surface area contributed by atoms with Gasteiger partial charge in [0.25, 0.3) is 0 Å². The van der Waals surface area contributed by atoms with Gasteiger partial charge in [-0.2, -0.15) is 0 Å². The molecule has 1 aliphatic heterocycles. The Morgan fingerprint density at radius 2 is 1.66 bits per heavy atom. The van der Waals surface area contributed by atoms with Gasteiger partial charge in [-0.25, -0.2) is 0 Å². The zero-order chi connectivity index (χ0) is 23.0. The molecule has 5 heteroatoms. The Morgan fingerprint density at radius 3 is 2.28 bits per heavy atom. The van der Waals surface area contributed by atoms with Crippen molar-refractivity contribution in [3.05, 3.63) is 69.3 Å². The fourth-order valence-corrected chi connectivity index (χ4v) is 5.40. The van der Waals surface area contributed by atoms with Crippen LogP contribution in [0, 0.1) is 0 Å². The average molecular weight is 441 g/mol. The van der Waals surface area contributed by atoms with Gasteiger partial charge in [-0.15, -0.1) is 0 Å². The van der Waals surface area contributed by atoms with E-state index in [-0.39, 0.29) is 0 Å². The van der Waals surface area contributed by atoms with Crippen molar-refractivity contribution in [3.8, 4) is 0 Å². The maximum Gasteiger partial charge on any atom is 0.113 e. The Morgan fingerprint density at radius 1 is 0.969 bits per heavy atom. The summed E-state index contributed by atoms with van der Waals surface area (Å²) in [5.74, 6) is 0.495. The summed E-state index contributed by atoms with van der Waals surface area (Å²) < 4.78 is 5.96. The van der Waals surface area contributed by atoms with E-state index in [1.54, 1.807) is 0 Å². The minimum atomic E-state index is -1.36. The van der Waals surface area contributed by atoms with Crippen LogP contribution in [0.3, 0.4) is 0 Å². The summed E-state index contributed by atoms with van der Waals surface area (Å²) in [5.41, 5.74) is 8.59. The van der Waals surface area contributed by atoms with Crippen LogP contribution in [-0.2, 0) is 30.4 Å². The average Bonchev–Trinajstić information content (AvgIpc) is 3.28. The van der Waals surface area contributed by atoms with Crippen LogP contribution in [0.25, 0.3) is 0 Å². The summed E-state index contributed by atoms with van der Waals surface area (Å²) in [4.78, 5) is 0. The number of aliphatic hydroxyl groups is 4. The van der Waals surface area contributed by atoms with E-state index in [2.05, 4.69) is 51.1 Å². The lowest BCUT2D eigenvalue weighted by Gasteiger charge is -2.41. The van der Waals surface area contributed by atoms with Crippen molar-refractivity contribution in [2.45, 2.75) is 89.3 Å². The molecule has 2 aliphatic rings. The van der Waals surface area contributed by atoms with E-state index in [9.17, 15) is 20.4 Å². The van der Waals surface area contributed by atoms with Gasteiger partial charge in [-0.1, -0.05) is 51.1 Å². The molecule has 4 N–H and O–H groups in total. The second kappa shape index (κ2) is 9.62. The summed E-state index contributed by atoms with van der Waals surface area (Å²) in [7, 11) is 0. The number of ether oxygens (including phenoxy) is 1. The SMILES string of the molecule is CCc1c([C@@H]2O[C@H](CO)[C@@H](O)[C@H](O)[C@H]2O)cc(Cc2ccc(C(C)C)cc2)c2c1CCC2. The molecule has 0 radical (unpaired) electrons. The lowest BCUT2D eigenvalue weighted by Crippen LogP contribution is -2.55. The number of hydrogen-bond donors (Lipinski definition) is 4. The molecule has 0 bridgehead atoms. The van der Waals surface area contributed by atoms with Gasteiger partial charge in [-0.05, 0) is 77.0 Å². The van der Waals surface area contributed by atoms with Crippen LogP contribution in [0.15, 0.2) is 30.3 Å². The Bertz CT molecular complexity index is 934. The summed E-state index contributed by atoms with van der Waals surface area (Å²) in [6.45, 7) is 6.07. The van der Waals surface area contributed by atoms with E-state index in [0.29, 0.717) is 5.92 Å². The van der Waals surface area contributed by atoms with Gasteiger partial charge >= 0.3 is 0 Å². The van der Waals surface area contributed by atoms with Crippen LogP contribution in [0.4, 0.5) is 0 Å². The van der Waals surface area contributed by atoms with Gasteiger partial charge in [-0.3, -0.25) is 0 Å². The van der Waals surface area contributed by atoms with E-state index in [4.69, 9.17) is 4.74 Å². The minimum Gasteiger partial charge on any atom is -0.394 e. The second-order valence-corrected chi connectivity index (χ2v) is 9.59. The smallest absolute Gasteiger partial charge is 0.113 e. The van der Waals surface area contributed by atoms with Gasteiger partial charge in [0.15, 0.2) is 0 Å². The van der Waals surface area contributed by atoms with E-state index in [0.717, 1.165) is 37.7 Å². The molecule has 0 spiro atoms. The van der Waals surface area contributed by atoms with Crippen molar-refractivity contribution < 1.29 is 25.2 Å². The normalized spacial score (nSPS) is 27.7. The standard InChI is InChI=1S/C27H36O5/c1-4-19-21-7-5-6-20(21)18(12-16-8-10-17(11-9-16)15(2)3)13-22(19)27-26(31)25(30)24(29)23(14-28)32-27/h8-11,13,15,23-31H,4-7,12,14H2,1-3H3/t23-,24-,25+,26-,27+/m1/s1. The van der Waals surface area contributed by atoms with Crippen molar-refractivity contribution in [1.29, 1.82) is 0 Å². The Balaban J connectivity index is 1.75. The third kappa shape index (κ3) is 4.25. The van der Waals surface area contributed by atoms with E-state index >= 15 is 0 Å². The van der Waals surface area contributed by atoms with Crippen molar-refractivity contribution in [2.75, 3.05) is 6.61 Å². The lowest BCUT2D eigenvalue weighted by molar-refractivity contribution is -0.231. The van der Waals surface area contributed by atoms with Crippen LogP contribution >= 0.6 is 0 Å². The quantitative estimate of drug-likeness (QED) is 0.555. The summed E-state index contributed by atoms with van der Waals surface area (Å²) in [6, 6.07) is 10.9. The number of rotatable bonds is 6. The fraction of sp³-hybridized carbons (Fsp3) is 0.556. The molecule has 0 unspecified atom stereocenters.